The third kappa shape index (κ3) is 5.45. The van der Waals surface area contributed by atoms with Crippen LogP contribution < -0.4 is 0 Å². The Balaban J connectivity index is 5.10. The van der Waals surface area contributed by atoms with E-state index in [9.17, 15) is 4.57 Å². The van der Waals surface area contributed by atoms with Crippen LogP contribution in [-0.2, 0) is 9.30 Å². The summed E-state index contributed by atoms with van der Waals surface area (Å²) in [7, 11) is -1.22. The molecule has 0 saturated heterocycles. The second-order valence-corrected chi connectivity index (χ2v) is 9.57. The molecule has 0 heterocycles. The summed E-state index contributed by atoms with van der Waals surface area (Å²) in [4.78, 5) is 0. The average Bonchev–Trinajstić information content (AvgIpc) is 2.43. The second kappa shape index (κ2) is 8.49. The normalized spacial score (nSPS) is 19.0. The van der Waals surface area contributed by atoms with Crippen molar-refractivity contribution in [2.24, 2.45) is 0 Å². The van der Waals surface area contributed by atoms with Crippen LogP contribution in [0, 0.1) is 0 Å². The summed E-state index contributed by atoms with van der Waals surface area (Å²) in [5.74, 6) is 0. The highest BCUT2D eigenvalue weighted by molar-refractivity contribution is 7.47. The van der Waals surface area contributed by atoms with Crippen LogP contribution in [0.3, 0.4) is 0 Å². The molecule has 0 rings (SSSR count). The van der Waals surface area contributed by atoms with Crippen LogP contribution >= 0.6 is 7.80 Å². The van der Waals surface area contributed by atoms with Gasteiger partial charge in [0.05, 0.1) is 11.7 Å². The summed E-state index contributed by atoms with van der Waals surface area (Å²) < 4.78 is 19.1. The molecule has 0 radical (unpaired) electrons. The molecule has 120 valence electrons. The van der Waals surface area contributed by atoms with Gasteiger partial charge in [0.2, 0.25) is 0 Å². The van der Waals surface area contributed by atoms with E-state index in [2.05, 4.69) is 55.4 Å². The minimum absolute atomic E-state index is 0.125. The fourth-order valence-electron chi connectivity index (χ4n) is 2.90. The van der Waals surface area contributed by atoms with Crippen LogP contribution in [0.5, 0.6) is 0 Å². The molecule has 3 atom stereocenters. The van der Waals surface area contributed by atoms with Gasteiger partial charge in [-0.05, 0) is 53.4 Å². The number of hydrogen-bond donors (Lipinski definition) is 0. The molecular formula is C17H36O2P+. The maximum absolute atomic E-state index is 12.7. The van der Waals surface area contributed by atoms with E-state index in [-0.39, 0.29) is 16.4 Å². The molecule has 0 aromatic rings. The molecule has 0 aliphatic heterocycles. The number of hydrogen-bond acceptors (Lipinski definition) is 2. The predicted octanol–water partition coefficient (Wildman–Crippen LogP) is 6.15. The van der Waals surface area contributed by atoms with Crippen molar-refractivity contribution in [1.29, 1.82) is 0 Å². The molecule has 0 N–H and O–H groups in total. The highest BCUT2D eigenvalue weighted by Gasteiger charge is 2.49. The number of ether oxygens (including phenoxy) is 1. The van der Waals surface area contributed by atoms with Gasteiger partial charge in [0.25, 0.3) is 0 Å². The third-order valence-corrected chi connectivity index (χ3v) is 7.10. The fourth-order valence-corrected chi connectivity index (χ4v) is 4.94. The first-order valence-corrected chi connectivity index (χ1v) is 9.65. The highest BCUT2D eigenvalue weighted by Crippen LogP contribution is 2.50. The monoisotopic (exact) mass is 303 g/mol. The Morgan fingerprint density at radius 2 is 1.50 bits per heavy atom. The standard InChI is InChI=1S/C17H36O2P/c1-9-15(10-2)19-16(7,11-3)13-17(8,12-4)20(18)14(5)6/h14-15H,9-13H2,1-8H3/q+1. The first-order valence-electron chi connectivity index (χ1n) is 8.32. The van der Waals surface area contributed by atoms with E-state index in [1.807, 2.05) is 0 Å². The van der Waals surface area contributed by atoms with Crippen molar-refractivity contribution in [1.82, 2.24) is 0 Å². The molecule has 0 spiro atoms. The average molecular weight is 303 g/mol. The largest absolute Gasteiger partial charge is 0.372 e. The van der Waals surface area contributed by atoms with Gasteiger partial charge in [-0.25, -0.2) is 0 Å². The van der Waals surface area contributed by atoms with E-state index in [0.717, 1.165) is 32.1 Å². The maximum atomic E-state index is 12.7. The van der Waals surface area contributed by atoms with Crippen molar-refractivity contribution in [3.8, 4) is 0 Å². The summed E-state index contributed by atoms with van der Waals surface area (Å²) >= 11 is 0. The van der Waals surface area contributed by atoms with Crippen LogP contribution in [0.2, 0.25) is 0 Å². The molecular weight excluding hydrogens is 267 g/mol. The molecule has 0 aromatic carbocycles. The first kappa shape index (κ1) is 20.1. The molecule has 0 aliphatic rings. The predicted molar refractivity (Wildman–Crippen MR) is 90.2 cm³/mol. The molecule has 0 fully saturated rings. The Labute approximate surface area is 127 Å². The minimum Gasteiger partial charge on any atom is -0.372 e. The quantitative estimate of drug-likeness (QED) is 0.452. The Bertz CT molecular complexity index is 299. The lowest BCUT2D eigenvalue weighted by molar-refractivity contribution is -0.0966. The lowest BCUT2D eigenvalue weighted by atomic mass is 9.88. The lowest BCUT2D eigenvalue weighted by Crippen LogP contribution is -2.40. The van der Waals surface area contributed by atoms with Crippen LogP contribution in [0.15, 0.2) is 0 Å². The molecule has 0 aromatic heterocycles. The minimum atomic E-state index is -1.22. The Hall–Kier alpha value is 0.0600. The van der Waals surface area contributed by atoms with E-state index in [1.165, 1.54) is 0 Å². The van der Waals surface area contributed by atoms with E-state index in [0.29, 0.717) is 6.10 Å². The van der Waals surface area contributed by atoms with Crippen molar-refractivity contribution in [3.63, 3.8) is 0 Å². The topological polar surface area (TPSA) is 26.3 Å². The zero-order valence-corrected chi connectivity index (χ0v) is 15.8. The molecule has 0 aliphatic carbocycles. The molecule has 0 bridgehead atoms. The molecule has 3 unspecified atom stereocenters. The zero-order valence-electron chi connectivity index (χ0n) is 15.0. The molecule has 20 heavy (non-hydrogen) atoms. The van der Waals surface area contributed by atoms with Gasteiger partial charge >= 0.3 is 7.80 Å². The van der Waals surface area contributed by atoms with Gasteiger partial charge in [0.1, 0.15) is 0 Å². The summed E-state index contributed by atoms with van der Waals surface area (Å²) in [6.45, 7) is 17.2. The van der Waals surface area contributed by atoms with Crippen LogP contribution in [0.25, 0.3) is 0 Å². The van der Waals surface area contributed by atoms with Crippen molar-refractivity contribution >= 4 is 7.80 Å². The smallest absolute Gasteiger partial charge is 0.347 e. The Morgan fingerprint density at radius 3 is 1.80 bits per heavy atom. The third-order valence-electron chi connectivity index (χ3n) is 4.63. The fraction of sp³-hybridized carbons (Fsp3) is 1.00. The lowest BCUT2D eigenvalue weighted by Gasteiger charge is -2.36. The molecule has 3 heteroatoms. The summed E-state index contributed by atoms with van der Waals surface area (Å²) in [6.07, 6.45) is 5.22. The SMILES string of the molecule is CCC(CC)OC(C)(CC)CC(C)(CC)[P+](=O)C(C)C. The van der Waals surface area contributed by atoms with Gasteiger partial charge in [-0.3, -0.25) is 0 Å². The van der Waals surface area contributed by atoms with Crippen LogP contribution in [-0.4, -0.2) is 22.5 Å². The van der Waals surface area contributed by atoms with Gasteiger partial charge in [-0.1, -0.05) is 32.3 Å². The zero-order chi connectivity index (χ0) is 16.0. The molecule has 0 amide bonds. The Morgan fingerprint density at radius 1 is 1.00 bits per heavy atom. The van der Waals surface area contributed by atoms with E-state index in [4.69, 9.17) is 4.74 Å². The summed E-state index contributed by atoms with van der Waals surface area (Å²) in [5, 5.41) is -0.125. The van der Waals surface area contributed by atoms with Crippen molar-refractivity contribution in [3.05, 3.63) is 0 Å². The van der Waals surface area contributed by atoms with Crippen molar-refractivity contribution in [2.75, 3.05) is 0 Å². The van der Waals surface area contributed by atoms with E-state index < -0.39 is 7.80 Å². The van der Waals surface area contributed by atoms with Crippen LogP contribution in [0.1, 0.15) is 87.5 Å². The summed E-state index contributed by atoms with van der Waals surface area (Å²) in [5.41, 5.74) is 0.0747. The Kier molecular flexibility index (Phi) is 8.52. The number of rotatable bonds is 10. The maximum Gasteiger partial charge on any atom is 0.347 e. The molecule has 0 saturated carbocycles. The van der Waals surface area contributed by atoms with Crippen molar-refractivity contribution in [2.45, 2.75) is 110 Å². The second-order valence-electron chi connectivity index (χ2n) is 6.81. The van der Waals surface area contributed by atoms with Crippen LogP contribution in [0.4, 0.5) is 0 Å². The summed E-state index contributed by atoms with van der Waals surface area (Å²) in [6, 6.07) is 0. The van der Waals surface area contributed by atoms with Gasteiger partial charge in [0, 0.05) is 6.42 Å². The van der Waals surface area contributed by atoms with Gasteiger partial charge < -0.3 is 4.74 Å². The van der Waals surface area contributed by atoms with E-state index in [1.54, 1.807) is 0 Å². The van der Waals surface area contributed by atoms with Gasteiger partial charge in [-0.15, -0.1) is 0 Å². The van der Waals surface area contributed by atoms with Crippen molar-refractivity contribution < 1.29 is 9.30 Å². The van der Waals surface area contributed by atoms with E-state index >= 15 is 0 Å². The highest BCUT2D eigenvalue weighted by atomic mass is 31.1. The van der Waals surface area contributed by atoms with Gasteiger partial charge in [-0.2, -0.15) is 0 Å². The molecule has 2 nitrogen and oxygen atoms in total. The van der Waals surface area contributed by atoms with Gasteiger partial charge in [0.15, 0.2) is 10.8 Å². The first-order chi connectivity index (χ1) is 9.17.